The lowest BCUT2D eigenvalue weighted by Gasteiger charge is -2.10. The fourth-order valence-electron chi connectivity index (χ4n) is 2.16. The Bertz CT molecular complexity index is 558. The van der Waals surface area contributed by atoms with Crippen molar-refractivity contribution in [1.29, 1.82) is 0 Å². The van der Waals surface area contributed by atoms with E-state index in [0.717, 1.165) is 19.5 Å². The largest absolute Gasteiger partial charge is 0.461 e. The molecule has 0 saturated carbocycles. The lowest BCUT2D eigenvalue weighted by atomic mass is 10.2. The molecule has 0 bridgehead atoms. The minimum Gasteiger partial charge on any atom is -0.461 e. The summed E-state index contributed by atoms with van der Waals surface area (Å²) in [6.07, 6.45) is 3.30. The van der Waals surface area contributed by atoms with Crippen molar-refractivity contribution in [2.24, 2.45) is 0 Å². The summed E-state index contributed by atoms with van der Waals surface area (Å²) in [6.45, 7) is 1.80. The molecular formula is C13H16N4O3. The number of aryl methyl sites for hydroxylation is 1. The van der Waals surface area contributed by atoms with Crippen LogP contribution in [0.4, 0.5) is 0 Å². The maximum Gasteiger partial charge on any atom is 0.238 e. The van der Waals surface area contributed by atoms with Crippen LogP contribution >= 0.6 is 0 Å². The smallest absolute Gasteiger partial charge is 0.238 e. The molecule has 0 aromatic carbocycles. The van der Waals surface area contributed by atoms with Crippen LogP contribution in [0.2, 0.25) is 0 Å². The van der Waals surface area contributed by atoms with E-state index in [-0.39, 0.29) is 11.9 Å². The van der Waals surface area contributed by atoms with Crippen LogP contribution in [-0.4, -0.2) is 35.2 Å². The highest BCUT2D eigenvalue weighted by molar-refractivity contribution is 5.76. The Morgan fingerprint density at radius 2 is 2.50 bits per heavy atom. The Morgan fingerprint density at radius 1 is 1.55 bits per heavy atom. The number of carbonyl (C=O) groups is 1. The van der Waals surface area contributed by atoms with E-state index in [4.69, 9.17) is 8.94 Å². The number of amides is 1. The van der Waals surface area contributed by atoms with Gasteiger partial charge in [0.05, 0.1) is 6.26 Å². The summed E-state index contributed by atoms with van der Waals surface area (Å²) in [7, 11) is 0. The minimum atomic E-state index is 0.0106. The van der Waals surface area contributed by atoms with Crippen LogP contribution in [0.1, 0.15) is 18.7 Å². The van der Waals surface area contributed by atoms with Gasteiger partial charge in [0.1, 0.15) is 0 Å². The third kappa shape index (κ3) is 3.05. The lowest BCUT2D eigenvalue weighted by Crippen LogP contribution is -2.36. The second-order valence-corrected chi connectivity index (χ2v) is 4.75. The van der Waals surface area contributed by atoms with Crippen LogP contribution in [0, 0.1) is 0 Å². The molecule has 7 heteroatoms. The SMILES string of the molecule is O=C(CCc1nc(-c2ccco2)no1)NC1CCNC1. The van der Waals surface area contributed by atoms with Gasteiger partial charge in [0.25, 0.3) is 0 Å². The first-order valence-electron chi connectivity index (χ1n) is 6.68. The molecule has 1 amide bonds. The van der Waals surface area contributed by atoms with Gasteiger partial charge in [0, 0.05) is 25.4 Å². The number of hydrogen-bond acceptors (Lipinski definition) is 6. The maximum absolute atomic E-state index is 11.8. The first kappa shape index (κ1) is 12.9. The Balaban J connectivity index is 1.49. The zero-order valence-electron chi connectivity index (χ0n) is 11.0. The number of furan rings is 1. The minimum absolute atomic E-state index is 0.0106. The van der Waals surface area contributed by atoms with Crippen molar-refractivity contribution in [3.05, 3.63) is 24.3 Å². The lowest BCUT2D eigenvalue weighted by molar-refractivity contribution is -0.121. The van der Waals surface area contributed by atoms with Crippen molar-refractivity contribution in [3.63, 3.8) is 0 Å². The summed E-state index contributed by atoms with van der Waals surface area (Å²) in [5.74, 6) is 1.42. The summed E-state index contributed by atoms with van der Waals surface area (Å²) in [5, 5.41) is 10.00. The van der Waals surface area contributed by atoms with Gasteiger partial charge in [-0.1, -0.05) is 5.16 Å². The first-order chi connectivity index (χ1) is 9.81. The average molecular weight is 276 g/mol. The second kappa shape index (κ2) is 5.87. The highest BCUT2D eigenvalue weighted by atomic mass is 16.5. The zero-order valence-corrected chi connectivity index (χ0v) is 11.0. The third-order valence-corrected chi connectivity index (χ3v) is 3.20. The maximum atomic E-state index is 11.8. The van der Waals surface area contributed by atoms with Crippen molar-refractivity contribution < 1.29 is 13.7 Å². The molecule has 0 aliphatic carbocycles. The fraction of sp³-hybridized carbons (Fsp3) is 0.462. The molecule has 2 aromatic rings. The van der Waals surface area contributed by atoms with Crippen LogP contribution in [0.15, 0.2) is 27.3 Å². The molecule has 1 atom stereocenters. The van der Waals surface area contributed by atoms with Crippen LogP contribution in [0.5, 0.6) is 0 Å². The molecule has 0 spiro atoms. The topological polar surface area (TPSA) is 93.2 Å². The number of rotatable bonds is 5. The molecule has 3 heterocycles. The predicted octanol–water partition coefficient (Wildman–Crippen LogP) is 0.740. The van der Waals surface area contributed by atoms with Crippen LogP contribution < -0.4 is 10.6 Å². The molecule has 2 N–H and O–H groups in total. The zero-order chi connectivity index (χ0) is 13.8. The molecule has 7 nitrogen and oxygen atoms in total. The van der Waals surface area contributed by atoms with Gasteiger partial charge < -0.3 is 19.6 Å². The average Bonchev–Trinajstić information content (AvgIpc) is 3.18. The first-order valence-corrected chi connectivity index (χ1v) is 6.68. The number of hydrogen-bond donors (Lipinski definition) is 2. The van der Waals surface area contributed by atoms with E-state index in [1.54, 1.807) is 18.4 Å². The van der Waals surface area contributed by atoms with Crippen LogP contribution in [0.3, 0.4) is 0 Å². The molecule has 1 saturated heterocycles. The highest BCUT2D eigenvalue weighted by Gasteiger charge is 2.17. The van der Waals surface area contributed by atoms with E-state index in [1.807, 2.05) is 0 Å². The molecule has 2 aromatic heterocycles. The summed E-state index contributed by atoms with van der Waals surface area (Å²) < 4.78 is 10.3. The van der Waals surface area contributed by atoms with Gasteiger partial charge in [-0.25, -0.2) is 0 Å². The Morgan fingerprint density at radius 3 is 3.25 bits per heavy atom. The van der Waals surface area contributed by atoms with Gasteiger partial charge in [-0.15, -0.1) is 0 Å². The molecule has 1 aliphatic rings. The van der Waals surface area contributed by atoms with Crippen LogP contribution in [0.25, 0.3) is 11.6 Å². The van der Waals surface area contributed by atoms with E-state index in [2.05, 4.69) is 20.8 Å². The van der Waals surface area contributed by atoms with Gasteiger partial charge >= 0.3 is 0 Å². The number of carbonyl (C=O) groups excluding carboxylic acids is 1. The van der Waals surface area contributed by atoms with Crippen molar-refractivity contribution in [2.45, 2.75) is 25.3 Å². The molecule has 3 rings (SSSR count). The summed E-state index contributed by atoms with van der Waals surface area (Å²) in [5.41, 5.74) is 0. The highest BCUT2D eigenvalue weighted by Crippen LogP contribution is 2.16. The normalized spacial score (nSPS) is 18.3. The molecule has 1 unspecified atom stereocenters. The van der Waals surface area contributed by atoms with Crippen molar-refractivity contribution in [3.8, 4) is 11.6 Å². The molecule has 0 radical (unpaired) electrons. The standard InChI is InChI=1S/C13H16N4O3/c18-11(15-9-5-6-14-8-9)3-4-12-16-13(17-20-12)10-2-1-7-19-10/h1-2,7,9,14H,3-6,8H2,(H,15,18). The van der Waals surface area contributed by atoms with Gasteiger partial charge in [-0.3, -0.25) is 4.79 Å². The molecule has 1 aliphatic heterocycles. The van der Waals surface area contributed by atoms with E-state index in [9.17, 15) is 4.79 Å². The van der Waals surface area contributed by atoms with Gasteiger partial charge in [0.15, 0.2) is 5.76 Å². The molecular weight excluding hydrogens is 260 g/mol. The summed E-state index contributed by atoms with van der Waals surface area (Å²) in [6, 6.07) is 3.76. The molecule has 1 fully saturated rings. The monoisotopic (exact) mass is 276 g/mol. The Kier molecular flexibility index (Phi) is 3.78. The summed E-state index contributed by atoms with van der Waals surface area (Å²) >= 11 is 0. The second-order valence-electron chi connectivity index (χ2n) is 4.75. The summed E-state index contributed by atoms with van der Waals surface area (Å²) in [4.78, 5) is 16.0. The van der Waals surface area contributed by atoms with E-state index < -0.39 is 0 Å². The van der Waals surface area contributed by atoms with E-state index >= 15 is 0 Å². The van der Waals surface area contributed by atoms with Crippen molar-refractivity contribution >= 4 is 5.91 Å². The molecule has 20 heavy (non-hydrogen) atoms. The van der Waals surface area contributed by atoms with Crippen molar-refractivity contribution in [1.82, 2.24) is 20.8 Å². The molecule has 106 valence electrons. The van der Waals surface area contributed by atoms with Gasteiger partial charge in [0.2, 0.25) is 17.6 Å². The van der Waals surface area contributed by atoms with Crippen molar-refractivity contribution in [2.75, 3.05) is 13.1 Å². The van der Waals surface area contributed by atoms with Crippen LogP contribution in [-0.2, 0) is 11.2 Å². The van der Waals surface area contributed by atoms with Gasteiger partial charge in [-0.2, -0.15) is 4.98 Å². The third-order valence-electron chi connectivity index (χ3n) is 3.20. The predicted molar refractivity (Wildman–Crippen MR) is 69.7 cm³/mol. The Hall–Kier alpha value is -2.15. The number of nitrogens with zero attached hydrogens (tertiary/aromatic N) is 2. The number of aromatic nitrogens is 2. The Labute approximate surface area is 115 Å². The van der Waals surface area contributed by atoms with Gasteiger partial charge in [-0.05, 0) is 25.1 Å². The van der Waals surface area contributed by atoms with E-state index in [1.165, 1.54) is 0 Å². The quantitative estimate of drug-likeness (QED) is 0.836. The van der Waals surface area contributed by atoms with E-state index in [0.29, 0.717) is 30.3 Å². The number of nitrogens with one attached hydrogen (secondary N) is 2. The fourth-order valence-corrected chi connectivity index (χ4v) is 2.16.